The number of amides is 2. The Kier molecular flexibility index (Phi) is 5.93. The van der Waals surface area contributed by atoms with Crippen LogP contribution in [0.1, 0.15) is 59.3 Å². The average molecular weight is 256 g/mol. The van der Waals surface area contributed by atoms with E-state index in [1.54, 1.807) is 6.92 Å². The number of nitrogens with one attached hydrogen (secondary N) is 2. The number of hydrogen-bond donors (Lipinski definition) is 3. The predicted molar refractivity (Wildman–Crippen MR) is 73.5 cm³/mol. The topological polar surface area (TPSA) is 61.4 Å². The summed E-state index contributed by atoms with van der Waals surface area (Å²) in [7, 11) is 0. The SMILES string of the molecule is CC(C)C(C)(O)CNC(=O)NC1CCCCCC1. The molecule has 0 spiro atoms. The molecule has 1 aliphatic carbocycles. The molecule has 0 radical (unpaired) electrons. The maximum Gasteiger partial charge on any atom is 0.315 e. The van der Waals surface area contributed by atoms with E-state index in [9.17, 15) is 9.90 Å². The van der Waals surface area contributed by atoms with Gasteiger partial charge in [0.15, 0.2) is 0 Å². The second kappa shape index (κ2) is 6.98. The Bertz CT molecular complexity index is 257. The molecule has 1 saturated carbocycles. The molecule has 0 aliphatic heterocycles. The largest absolute Gasteiger partial charge is 0.388 e. The van der Waals surface area contributed by atoms with Gasteiger partial charge in [0.1, 0.15) is 0 Å². The van der Waals surface area contributed by atoms with Gasteiger partial charge in [-0.2, -0.15) is 0 Å². The first-order valence-corrected chi connectivity index (χ1v) is 7.18. The third-order valence-electron chi connectivity index (χ3n) is 4.04. The molecular formula is C14H28N2O2. The first-order chi connectivity index (χ1) is 8.42. The molecule has 0 aromatic rings. The van der Waals surface area contributed by atoms with Gasteiger partial charge in [-0.3, -0.25) is 0 Å². The Morgan fingerprint density at radius 3 is 2.33 bits per heavy atom. The van der Waals surface area contributed by atoms with Crippen molar-refractivity contribution in [2.24, 2.45) is 5.92 Å². The van der Waals surface area contributed by atoms with Crippen LogP contribution in [-0.2, 0) is 0 Å². The van der Waals surface area contributed by atoms with E-state index in [1.807, 2.05) is 13.8 Å². The number of aliphatic hydroxyl groups is 1. The van der Waals surface area contributed by atoms with Gasteiger partial charge in [-0.15, -0.1) is 0 Å². The Balaban J connectivity index is 2.28. The molecule has 0 aromatic carbocycles. The summed E-state index contributed by atoms with van der Waals surface area (Å²) in [4.78, 5) is 11.8. The van der Waals surface area contributed by atoms with Gasteiger partial charge in [0.2, 0.25) is 0 Å². The summed E-state index contributed by atoms with van der Waals surface area (Å²) in [5.74, 6) is 0.121. The Labute approximate surface area is 111 Å². The summed E-state index contributed by atoms with van der Waals surface area (Å²) >= 11 is 0. The molecule has 3 N–H and O–H groups in total. The van der Waals surface area contributed by atoms with Gasteiger partial charge in [-0.05, 0) is 25.7 Å². The summed E-state index contributed by atoms with van der Waals surface area (Å²) in [6.07, 6.45) is 7.12. The lowest BCUT2D eigenvalue weighted by Crippen LogP contribution is -2.49. The van der Waals surface area contributed by atoms with Gasteiger partial charge in [-0.1, -0.05) is 39.5 Å². The van der Waals surface area contributed by atoms with E-state index in [0.717, 1.165) is 12.8 Å². The van der Waals surface area contributed by atoms with E-state index in [0.29, 0.717) is 12.6 Å². The lowest BCUT2D eigenvalue weighted by Gasteiger charge is -2.28. The smallest absolute Gasteiger partial charge is 0.315 e. The highest BCUT2D eigenvalue weighted by atomic mass is 16.3. The van der Waals surface area contributed by atoms with E-state index >= 15 is 0 Å². The average Bonchev–Trinajstić information content (AvgIpc) is 2.55. The fourth-order valence-corrected chi connectivity index (χ4v) is 2.12. The number of carbonyl (C=O) groups excluding carboxylic acids is 1. The van der Waals surface area contributed by atoms with Crippen molar-refractivity contribution >= 4 is 6.03 Å². The van der Waals surface area contributed by atoms with Crippen molar-refractivity contribution < 1.29 is 9.90 Å². The quantitative estimate of drug-likeness (QED) is 0.676. The monoisotopic (exact) mass is 256 g/mol. The van der Waals surface area contributed by atoms with Crippen LogP contribution < -0.4 is 10.6 Å². The predicted octanol–water partition coefficient (Wildman–Crippen LogP) is 2.42. The van der Waals surface area contributed by atoms with Crippen molar-refractivity contribution in [3.05, 3.63) is 0 Å². The van der Waals surface area contributed by atoms with E-state index < -0.39 is 5.60 Å². The molecule has 0 bridgehead atoms. The van der Waals surface area contributed by atoms with E-state index in [-0.39, 0.29) is 11.9 Å². The zero-order chi connectivity index (χ0) is 13.6. The van der Waals surface area contributed by atoms with E-state index in [1.165, 1.54) is 25.7 Å². The lowest BCUT2D eigenvalue weighted by molar-refractivity contribution is 0.0165. The molecule has 106 valence electrons. The molecule has 0 heterocycles. The molecule has 4 nitrogen and oxygen atoms in total. The minimum Gasteiger partial charge on any atom is -0.388 e. The molecule has 4 heteroatoms. The Morgan fingerprint density at radius 1 is 1.28 bits per heavy atom. The van der Waals surface area contributed by atoms with Crippen LogP contribution in [0.5, 0.6) is 0 Å². The van der Waals surface area contributed by atoms with Crippen molar-refractivity contribution in [3.63, 3.8) is 0 Å². The van der Waals surface area contributed by atoms with Gasteiger partial charge in [-0.25, -0.2) is 4.79 Å². The number of hydrogen-bond acceptors (Lipinski definition) is 2. The zero-order valence-corrected chi connectivity index (χ0v) is 12.0. The molecule has 1 aliphatic rings. The Hall–Kier alpha value is -0.770. The van der Waals surface area contributed by atoms with Gasteiger partial charge in [0.05, 0.1) is 5.60 Å². The van der Waals surface area contributed by atoms with Crippen LogP contribution in [0.2, 0.25) is 0 Å². The molecule has 18 heavy (non-hydrogen) atoms. The highest BCUT2D eigenvalue weighted by Crippen LogP contribution is 2.17. The highest BCUT2D eigenvalue weighted by Gasteiger charge is 2.25. The highest BCUT2D eigenvalue weighted by molar-refractivity contribution is 5.74. The van der Waals surface area contributed by atoms with Gasteiger partial charge >= 0.3 is 6.03 Å². The van der Waals surface area contributed by atoms with Crippen LogP contribution >= 0.6 is 0 Å². The summed E-state index contributed by atoms with van der Waals surface area (Å²) < 4.78 is 0. The maximum absolute atomic E-state index is 11.8. The molecule has 1 fully saturated rings. The minimum atomic E-state index is -0.846. The normalized spacial score (nSPS) is 21.2. The Morgan fingerprint density at radius 2 is 1.83 bits per heavy atom. The molecule has 0 aromatic heterocycles. The molecular weight excluding hydrogens is 228 g/mol. The summed E-state index contributed by atoms with van der Waals surface area (Å²) in [6, 6.07) is 0.152. The zero-order valence-electron chi connectivity index (χ0n) is 12.0. The van der Waals surface area contributed by atoms with Gasteiger partial charge in [0.25, 0.3) is 0 Å². The summed E-state index contributed by atoms with van der Waals surface area (Å²) in [5, 5.41) is 15.8. The maximum atomic E-state index is 11.8. The van der Waals surface area contributed by atoms with Crippen molar-refractivity contribution in [2.45, 2.75) is 70.9 Å². The second-order valence-corrected chi connectivity index (χ2v) is 6.03. The molecule has 2 amide bonds. The molecule has 1 atom stereocenters. The van der Waals surface area contributed by atoms with Crippen LogP contribution in [0.3, 0.4) is 0 Å². The summed E-state index contributed by atoms with van der Waals surface area (Å²) in [6.45, 7) is 5.95. The van der Waals surface area contributed by atoms with Crippen molar-refractivity contribution in [3.8, 4) is 0 Å². The van der Waals surface area contributed by atoms with E-state index in [4.69, 9.17) is 0 Å². The molecule has 0 saturated heterocycles. The van der Waals surface area contributed by atoms with E-state index in [2.05, 4.69) is 10.6 Å². The standard InChI is InChI=1S/C14H28N2O2/c1-11(2)14(3,18)10-15-13(17)16-12-8-6-4-5-7-9-12/h11-12,18H,4-10H2,1-3H3,(H2,15,16,17). The van der Waals surface area contributed by atoms with Crippen molar-refractivity contribution in [1.29, 1.82) is 0 Å². The van der Waals surface area contributed by atoms with Crippen LogP contribution in [0.15, 0.2) is 0 Å². The third-order valence-corrected chi connectivity index (χ3v) is 4.04. The van der Waals surface area contributed by atoms with Crippen LogP contribution in [0.25, 0.3) is 0 Å². The molecule has 1 rings (SSSR count). The molecule has 1 unspecified atom stereocenters. The van der Waals surface area contributed by atoms with Crippen LogP contribution in [0, 0.1) is 5.92 Å². The number of carbonyl (C=O) groups is 1. The first-order valence-electron chi connectivity index (χ1n) is 7.18. The summed E-state index contributed by atoms with van der Waals surface area (Å²) in [5.41, 5.74) is -0.846. The van der Waals surface area contributed by atoms with Crippen molar-refractivity contribution in [1.82, 2.24) is 10.6 Å². The fourth-order valence-electron chi connectivity index (χ4n) is 2.12. The lowest BCUT2D eigenvalue weighted by atomic mass is 9.93. The minimum absolute atomic E-state index is 0.121. The van der Waals surface area contributed by atoms with Gasteiger partial charge in [0, 0.05) is 12.6 Å². The van der Waals surface area contributed by atoms with Crippen LogP contribution in [0.4, 0.5) is 4.79 Å². The van der Waals surface area contributed by atoms with Crippen molar-refractivity contribution in [2.75, 3.05) is 6.54 Å². The van der Waals surface area contributed by atoms with Gasteiger partial charge < -0.3 is 15.7 Å². The van der Waals surface area contributed by atoms with Crippen LogP contribution in [-0.4, -0.2) is 29.3 Å². The number of rotatable bonds is 4. The second-order valence-electron chi connectivity index (χ2n) is 6.03. The third kappa shape index (κ3) is 5.25. The first kappa shape index (κ1) is 15.3. The number of urea groups is 1. The fraction of sp³-hybridized carbons (Fsp3) is 0.929.